The van der Waals surface area contributed by atoms with Crippen molar-refractivity contribution in [1.82, 2.24) is 10.3 Å². The van der Waals surface area contributed by atoms with Gasteiger partial charge in [0.05, 0.1) is 28.9 Å². The lowest BCUT2D eigenvalue weighted by Crippen LogP contribution is -2.20. The topological polar surface area (TPSA) is 83.1 Å². The van der Waals surface area contributed by atoms with Gasteiger partial charge in [-0.05, 0) is 34.5 Å². The highest BCUT2D eigenvalue weighted by Crippen LogP contribution is 2.37. The van der Waals surface area contributed by atoms with Crippen molar-refractivity contribution in [2.75, 3.05) is 17.7 Å². The van der Waals surface area contributed by atoms with Crippen LogP contribution in [0.3, 0.4) is 0 Å². The van der Waals surface area contributed by atoms with E-state index in [1.165, 1.54) is 30.5 Å². The number of aromatic nitrogens is 1. The molecule has 0 aliphatic carbocycles. The molecule has 0 saturated carbocycles. The SMILES string of the molecule is CNC(=O)c1ccccc1Nc1cc(NC(=O)Cc2ccsc2)ncc1C(F)(F)F. The van der Waals surface area contributed by atoms with Crippen LogP contribution in [-0.4, -0.2) is 23.8 Å². The van der Waals surface area contributed by atoms with E-state index in [1.807, 2.05) is 10.8 Å². The van der Waals surface area contributed by atoms with Gasteiger partial charge in [-0.25, -0.2) is 4.98 Å². The van der Waals surface area contributed by atoms with Crippen molar-refractivity contribution in [3.05, 3.63) is 70.0 Å². The third-order valence-electron chi connectivity index (χ3n) is 4.09. The molecule has 3 rings (SSSR count). The van der Waals surface area contributed by atoms with Crippen molar-refractivity contribution in [1.29, 1.82) is 0 Å². The summed E-state index contributed by atoms with van der Waals surface area (Å²) in [6, 6.07) is 9.04. The van der Waals surface area contributed by atoms with Gasteiger partial charge in [-0.1, -0.05) is 12.1 Å². The standard InChI is InChI=1S/C20H17F3N4O2S/c1-24-19(29)13-4-2-3-5-15(13)26-16-9-17(25-10-14(16)20(21,22)23)27-18(28)8-12-6-7-30-11-12/h2-7,9-11H,8H2,1H3,(H,24,29)(H2,25,26,27,28). The molecule has 0 radical (unpaired) electrons. The second kappa shape index (κ2) is 8.95. The van der Waals surface area contributed by atoms with Crippen LogP contribution in [0.2, 0.25) is 0 Å². The number of nitrogens with one attached hydrogen (secondary N) is 3. The Morgan fingerprint density at radius 3 is 2.57 bits per heavy atom. The van der Waals surface area contributed by atoms with E-state index in [0.717, 1.165) is 11.6 Å². The van der Waals surface area contributed by atoms with Crippen molar-refractivity contribution in [2.45, 2.75) is 12.6 Å². The maximum Gasteiger partial charge on any atom is 0.419 e. The molecule has 30 heavy (non-hydrogen) atoms. The van der Waals surface area contributed by atoms with E-state index in [9.17, 15) is 22.8 Å². The molecular weight excluding hydrogens is 417 g/mol. The number of rotatable bonds is 6. The van der Waals surface area contributed by atoms with E-state index < -0.39 is 23.6 Å². The predicted molar refractivity (Wildman–Crippen MR) is 109 cm³/mol. The molecule has 2 aromatic heterocycles. The first-order valence-electron chi connectivity index (χ1n) is 8.74. The van der Waals surface area contributed by atoms with E-state index in [2.05, 4.69) is 20.9 Å². The van der Waals surface area contributed by atoms with Gasteiger partial charge in [-0.3, -0.25) is 9.59 Å². The molecule has 156 valence electrons. The van der Waals surface area contributed by atoms with Gasteiger partial charge < -0.3 is 16.0 Å². The van der Waals surface area contributed by atoms with Crippen LogP contribution in [0.4, 0.5) is 30.4 Å². The lowest BCUT2D eigenvalue weighted by Gasteiger charge is -2.17. The Bertz CT molecular complexity index is 1050. The van der Waals surface area contributed by atoms with Gasteiger partial charge >= 0.3 is 6.18 Å². The van der Waals surface area contributed by atoms with Gasteiger partial charge in [0.2, 0.25) is 5.91 Å². The number of alkyl halides is 3. The van der Waals surface area contributed by atoms with E-state index in [-0.39, 0.29) is 29.2 Å². The molecule has 0 aliphatic rings. The van der Waals surface area contributed by atoms with Crippen LogP contribution in [0.1, 0.15) is 21.5 Å². The van der Waals surface area contributed by atoms with E-state index in [0.29, 0.717) is 6.20 Å². The summed E-state index contributed by atoms with van der Waals surface area (Å²) in [4.78, 5) is 27.9. The molecule has 2 amide bonds. The van der Waals surface area contributed by atoms with Gasteiger partial charge in [-0.2, -0.15) is 24.5 Å². The van der Waals surface area contributed by atoms with Crippen molar-refractivity contribution in [2.24, 2.45) is 0 Å². The van der Waals surface area contributed by atoms with Crippen LogP contribution in [-0.2, 0) is 17.4 Å². The molecule has 0 aliphatic heterocycles. The molecule has 3 N–H and O–H groups in total. The van der Waals surface area contributed by atoms with Gasteiger partial charge in [0.25, 0.3) is 5.91 Å². The number of nitrogens with zero attached hydrogens (tertiary/aromatic N) is 1. The summed E-state index contributed by atoms with van der Waals surface area (Å²) >= 11 is 1.44. The zero-order valence-electron chi connectivity index (χ0n) is 15.7. The summed E-state index contributed by atoms with van der Waals surface area (Å²) in [5.41, 5.74) is -0.205. The van der Waals surface area contributed by atoms with Crippen LogP contribution >= 0.6 is 11.3 Å². The van der Waals surface area contributed by atoms with Crippen molar-refractivity contribution in [3.8, 4) is 0 Å². The molecule has 0 spiro atoms. The lowest BCUT2D eigenvalue weighted by atomic mass is 10.1. The Hall–Kier alpha value is -3.40. The summed E-state index contributed by atoms with van der Waals surface area (Å²) in [5, 5.41) is 11.2. The van der Waals surface area contributed by atoms with Crippen LogP contribution in [0.15, 0.2) is 53.4 Å². The second-order valence-electron chi connectivity index (χ2n) is 6.22. The molecule has 0 unspecified atom stereocenters. The first-order chi connectivity index (χ1) is 14.3. The first kappa shape index (κ1) is 21.3. The fourth-order valence-corrected chi connectivity index (χ4v) is 3.36. The Kier molecular flexibility index (Phi) is 6.36. The highest BCUT2D eigenvalue weighted by Gasteiger charge is 2.34. The number of pyridine rings is 1. The van der Waals surface area contributed by atoms with Crippen LogP contribution in [0, 0.1) is 0 Å². The van der Waals surface area contributed by atoms with E-state index in [1.54, 1.807) is 18.2 Å². The number of hydrogen-bond acceptors (Lipinski definition) is 5. The zero-order valence-corrected chi connectivity index (χ0v) is 16.5. The van der Waals surface area contributed by atoms with Gasteiger partial charge in [0.15, 0.2) is 0 Å². The smallest absolute Gasteiger partial charge is 0.355 e. The number of amides is 2. The molecule has 2 heterocycles. The fourth-order valence-electron chi connectivity index (χ4n) is 2.69. The van der Waals surface area contributed by atoms with E-state index >= 15 is 0 Å². The molecule has 0 fully saturated rings. The van der Waals surface area contributed by atoms with Gasteiger partial charge in [-0.15, -0.1) is 0 Å². The summed E-state index contributed by atoms with van der Waals surface area (Å²) in [6.45, 7) is 0. The Balaban J connectivity index is 1.91. The Morgan fingerprint density at radius 2 is 1.90 bits per heavy atom. The number of anilines is 3. The Labute approximate surface area is 174 Å². The number of carbonyl (C=O) groups is 2. The minimum absolute atomic E-state index is 0.0387. The number of benzene rings is 1. The molecule has 1 aromatic carbocycles. The zero-order chi connectivity index (χ0) is 21.7. The average Bonchev–Trinajstić information content (AvgIpc) is 3.20. The molecule has 0 bridgehead atoms. The third-order valence-corrected chi connectivity index (χ3v) is 4.82. The minimum Gasteiger partial charge on any atom is -0.355 e. The quantitative estimate of drug-likeness (QED) is 0.536. The van der Waals surface area contributed by atoms with Gasteiger partial charge in [0.1, 0.15) is 5.82 Å². The number of carbonyl (C=O) groups excluding carboxylic acids is 2. The fraction of sp³-hybridized carbons (Fsp3) is 0.150. The van der Waals surface area contributed by atoms with Crippen molar-refractivity contribution in [3.63, 3.8) is 0 Å². The highest BCUT2D eigenvalue weighted by molar-refractivity contribution is 7.08. The lowest BCUT2D eigenvalue weighted by molar-refractivity contribution is -0.137. The van der Waals surface area contributed by atoms with Crippen LogP contribution in [0.25, 0.3) is 0 Å². The highest BCUT2D eigenvalue weighted by atomic mass is 32.1. The van der Waals surface area contributed by atoms with Crippen molar-refractivity contribution >= 4 is 40.3 Å². The monoisotopic (exact) mass is 434 g/mol. The van der Waals surface area contributed by atoms with Crippen LogP contribution in [0.5, 0.6) is 0 Å². The number of para-hydroxylation sites is 1. The summed E-state index contributed by atoms with van der Waals surface area (Å²) in [6.07, 6.45) is -3.96. The third kappa shape index (κ3) is 5.15. The number of hydrogen-bond donors (Lipinski definition) is 3. The summed E-state index contributed by atoms with van der Waals surface area (Å²) in [5.74, 6) is -0.898. The second-order valence-corrected chi connectivity index (χ2v) is 7.00. The molecule has 10 heteroatoms. The summed E-state index contributed by atoms with van der Waals surface area (Å²) in [7, 11) is 1.42. The first-order valence-corrected chi connectivity index (χ1v) is 9.68. The average molecular weight is 434 g/mol. The maximum absolute atomic E-state index is 13.5. The molecular formula is C20H17F3N4O2S. The van der Waals surface area contributed by atoms with Gasteiger partial charge in [0, 0.05) is 19.3 Å². The number of halogens is 3. The van der Waals surface area contributed by atoms with Crippen molar-refractivity contribution < 1.29 is 22.8 Å². The molecule has 3 aromatic rings. The maximum atomic E-state index is 13.5. The Morgan fingerprint density at radius 1 is 1.13 bits per heavy atom. The minimum atomic E-state index is -4.68. The summed E-state index contributed by atoms with van der Waals surface area (Å²) < 4.78 is 40.4. The molecule has 0 saturated heterocycles. The van der Waals surface area contributed by atoms with E-state index in [4.69, 9.17) is 0 Å². The predicted octanol–water partition coefficient (Wildman–Crippen LogP) is 4.45. The molecule has 0 atom stereocenters. The number of thiophene rings is 1. The largest absolute Gasteiger partial charge is 0.419 e. The normalized spacial score (nSPS) is 11.1. The van der Waals surface area contributed by atoms with Crippen LogP contribution < -0.4 is 16.0 Å². The molecule has 6 nitrogen and oxygen atoms in total.